The number of rotatable bonds is 7. The van der Waals surface area contributed by atoms with E-state index in [2.05, 4.69) is 45.7 Å². The monoisotopic (exact) mass is 404 g/mol. The van der Waals surface area contributed by atoms with Gasteiger partial charge in [-0.3, -0.25) is 9.69 Å². The summed E-state index contributed by atoms with van der Waals surface area (Å²) in [4.78, 5) is 20.4. The second-order valence-corrected chi connectivity index (χ2v) is 9.48. The molecule has 146 valence electrons. The van der Waals surface area contributed by atoms with Crippen LogP contribution in [0.3, 0.4) is 0 Å². The molecule has 27 heavy (non-hydrogen) atoms. The maximum atomic E-state index is 13.3. The summed E-state index contributed by atoms with van der Waals surface area (Å²) >= 11 is 3.60. The Morgan fingerprint density at radius 3 is 3.00 bits per heavy atom. The number of carbonyl (C=O) groups is 1. The van der Waals surface area contributed by atoms with Crippen molar-refractivity contribution >= 4 is 28.6 Å². The first-order valence-corrected chi connectivity index (χ1v) is 11.7. The van der Waals surface area contributed by atoms with Crippen molar-refractivity contribution in [2.24, 2.45) is 0 Å². The standard InChI is InChI=1S/C21H28N2O2S2/c1-2-19-18-8-12-27-20(18)7-9-23(19)21(24)15-22(13-16-5-3-10-25-16)14-17-6-4-11-26-17/h4,6,8,11-12,16,19H,2-3,5,7,9-10,13-15H2,1H3. The molecular formula is C21H28N2O2S2. The SMILES string of the molecule is CCC1c2ccsc2CCN1C(=O)CN(Cc1cccs1)CC1CCCO1. The van der Waals surface area contributed by atoms with Crippen LogP contribution >= 0.6 is 22.7 Å². The highest BCUT2D eigenvalue weighted by molar-refractivity contribution is 7.10. The number of ether oxygens (including phenoxy) is 1. The Labute approximate surface area is 169 Å². The number of hydrogen-bond acceptors (Lipinski definition) is 5. The van der Waals surface area contributed by atoms with Gasteiger partial charge in [-0.15, -0.1) is 22.7 Å². The van der Waals surface area contributed by atoms with Gasteiger partial charge < -0.3 is 9.64 Å². The molecule has 0 aliphatic carbocycles. The molecule has 0 N–H and O–H groups in total. The Balaban J connectivity index is 1.45. The molecule has 6 heteroatoms. The van der Waals surface area contributed by atoms with Gasteiger partial charge in [0.25, 0.3) is 0 Å². The Morgan fingerprint density at radius 2 is 2.26 bits per heavy atom. The third kappa shape index (κ3) is 4.45. The maximum Gasteiger partial charge on any atom is 0.237 e. The summed E-state index contributed by atoms with van der Waals surface area (Å²) < 4.78 is 5.85. The first-order chi connectivity index (χ1) is 13.2. The van der Waals surface area contributed by atoms with Crippen molar-refractivity contribution in [3.05, 3.63) is 44.3 Å². The molecule has 0 bridgehead atoms. The third-order valence-corrected chi connectivity index (χ3v) is 7.46. The molecule has 2 aliphatic rings. The van der Waals surface area contributed by atoms with Crippen molar-refractivity contribution in [2.45, 2.75) is 51.3 Å². The fourth-order valence-electron chi connectivity index (χ4n) is 4.30. The van der Waals surface area contributed by atoms with Gasteiger partial charge in [0, 0.05) is 36.0 Å². The second kappa shape index (κ2) is 8.86. The van der Waals surface area contributed by atoms with Crippen LogP contribution in [0.5, 0.6) is 0 Å². The van der Waals surface area contributed by atoms with Gasteiger partial charge in [-0.1, -0.05) is 13.0 Å². The minimum Gasteiger partial charge on any atom is -0.377 e. The van der Waals surface area contributed by atoms with Crippen molar-refractivity contribution in [1.29, 1.82) is 0 Å². The zero-order valence-electron chi connectivity index (χ0n) is 15.9. The highest BCUT2D eigenvalue weighted by Gasteiger charge is 2.31. The molecule has 0 aromatic carbocycles. The van der Waals surface area contributed by atoms with Crippen LogP contribution in [0.15, 0.2) is 29.0 Å². The lowest BCUT2D eigenvalue weighted by atomic mass is 9.97. The second-order valence-electron chi connectivity index (χ2n) is 7.44. The minimum atomic E-state index is 0.235. The van der Waals surface area contributed by atoms with Crippen LogP contribution in [0, 0.1) is 0 Å². The number of nitrogens with zero attached hydrogens (tertiary/aromatic N) is 2. The largest absolute Gasteiger partial charge is 0.377 e. The van der Waals surface area contributed by atoms with E-state index in [1.54, 1.807) is 11.3 Å². The van der Waals surface area contributed by atoms with Crippen molar-refractivity contribution in [1.82, 2.24) is 9.80 Å². The van der Waals surface area contributed by atoms with Gasteiger partial charge in [-0.2, -0.15) is 0 Å². The van der Waals surface area contributed by atoms with E-state index in [-0.39, 0.29) is 18.1 Å². The van der Waals surface area contributed by atoms with E-state index < -0.39 is 0 Å². The average molecular weight is 405 g/mol. The van der Waals surface area contributed by atoms with Gasteiger partial charge in [0.05, 0.1) is 18.7 Å². The fourth-order valence-corrected chi connectivity index (χ4v) is 5.98. The molecule has 4 heterocycles. The van der Waals surface area contributed by atoms with Crippen LogP contribution < -0.4 is 0 Å². The van der Waals surface area contributed by atoms with Crippen molar-refractivity contribution < 1.29 is 9.53 Å². The first-order valence-electron chi connectivity index (χ1n) is 9.96. The molecule has 0 spiro atoms. The molecule has 1 amide bonds. The van der Waals surface area contributed by atoms with Gasteiger partial charge in [-0.05, 0) is 54.1 Å². The number of thiophene rings is 2. The summed E-state index contributed by atoms with van der Waals surface area (Å²) in [5, 5.41) is 4.28. The van der Waals surface area contributed by atoms with Crippen LogP contribution in [0.4, 0.5) is 0 Å². The van der Waals surface area contributed by atoms with Crippen LogP contribution in [0.1, 0.15) is 47.5 Å². The molecule has 4 rings (SSSR count). The van der Waals surface area contributed by atoms with E-state index >= 15 is 0 Å². The van der Waals surface area contributed by atoms with Crippen LogP contribution in [0.25, 0.3) is 0 Å². The van der Waals surface area contributed by atoms with Gasteiger partial charge >= 0.3 is 0 Å². The lowest BCUT2D eigenvalue weighted by molar-refractivity contribution is -0.136. The summed E-state index contributed by atoms with van der Waals surface area (Å²) in [6.45, 7) is 6.05. The summed E-state index contributed by atoms with van der Waals surface area (Å²) in [7, 11) is 0. The Hall–Kier alpha value is -1.21. The maximum absolute atomic E-state index is 13.3. The van der Waals surface area contributed by atoms with E-state index in [4.69, 9.17) is 4.74 Å². The molecule has 2 aromatic heterocycles. The Bertz CT molecular complexity index is 737. The summed E-state index contributed by atoms with van der Waals surface area (Å²) in [5.41, 5.74) is 1.37. The Morgan fingerprint density at radius 1 is 1.33 bits per heavy atom. The molecule has 2 aliphatic heterocycles. The first kappa shape index (κ1) is 19.1. The number of amides is 1. The summed E-state index contributed by atoms with van der Waals surface area (Å²) in [6, 6.07) is 6.69. The molecule has 1 saturated heterocycles. The van der Waals surface area contributed by atoms with Crippen LogP contribution in [0.2, 0.25) is 0 Å². The van der Waals surface area contributed by atoms with E-state index in [0.29, 0.717) is 6.54 Å². The van der Waals surface area contributed by atoms with E-state index in [1.807, 2.05) is 11.3 Å². The summed E-state index contributed by atoms with van der Waals surface area (Å²) in [6.07, 6.45) is 4.48. The quantitative estimate of drug-likeness (QED) is 0.689. The zero-order chi connectivity index (χ0) is 18.6. The molecule has 0 saturated carbocycles. The zero-order valence-corrected chi connectivity index (χ0v) is 17.6. The van der Waals surface area contributed by atoms with Gasteiger partial charge in [0.2, 0.25) is 5.91 Å². The van der Waals surface area contributed by atoms with E-state index in [9.17, 15) is 4.79 Å². The predicted octanol–water partition coefficient (Wildman–Crippen LogP) is 4.33. The highest BCUT2D eigenvalue weighted by Crippen LogP contribution is 2.35. The predicted molar refractivity (Wildman–Crippen MR) is 111 cm³/mol. The van der Waals surface area contributed by atoms with Crippen LogP contribution in [-0.2, 0) is 22.5 Å². The topological polar surface area (TPSA) is 32.8 Å². The number of carbonyl (C=O) groups excluding carboxylic acids is 1. The molecule has 1 fully saturated rings. The highest BCUT2D eigenvalue weighted by atomic mass is 32.1. The number of hydrogen-bond donors (Lipinski definition) is 0. The lowest BCUT2D eigenvalue weighted by Gasteiger charge is -2.37. The van der Waals surface area contributed by atoms with Gasteiger partial charge in [0.1, 0.15) is 0 Å². The van der Waals surface area contributed by atoms with Crippen molar-refractivity contribution in [2.75, 3.05) is 26.2 Å². The molecule has 2 aromatic rings. The lowest BCUT2D eigenvalue weighted by Crippen LogP contribution is -2.46. The normalized spacial score (nSPS) is 22.4. The van der Waals surface area contributed by atoms with Gasteiger partial charge in [0.15, 0.2) is 0 Å². The fraction of sp³-hybridized carbons (Fsp3) is 0.571. The Kier molecular flexibility index (Phi) is 6.28. The third-order valence-electron chi connectivity index (χ3n) is 5.61. The smallest absolute Gasteiger partial charge is 0.237 e. The molecule has 0 radical (unpaired) electrons. The molecule has 2 unspecified atom stereocenters. The minimum absolute atomic E-state index is 0.235. The van der Waals surface area contributed by atoms with E-state index in [0.717, 1.165) is 51.9 Å². The number of fused-ring (bicyclic) bond motifs is 1. The molecular weight excluding hydrogens is 376 g/mol. The average Bonchev–Trinajstić information content (AvgIpc) is 3.42. The molecule has 2 atom stereocenters. The van der Waals surface area contributed by atoms with Crippen molar-refractivity contribution in [3.8, 4) is 0 Å². The van der Waals surface area contributed by atoms with Crippen LogP contribution in [-0.4, -0.2) is 48.1 Å². The summed E-state index contributed by atoms with van der Waals surface area (Å²) in [5.74, 6) is 0.258. The van der Waals surface area contributed by atoms with Gasteiger partial charge in [-0.25, -0.2) is 0 Å². The van der Waals surface area contributed by atoms with E-state index in [1.165, 1.54) is 15.3 Å². The van der Waals surface area contributed by atoms with Crippen molar-refractivity contribution in [3.63, 3.8) is 0 Å². The molecule has 4 nitrogen and oxygen atoms in total.